The van der Waals surface area contributed by atoms with Gasteiger partial charge in [0.2, 0.25) is 15.9 Å². The van der Waals surface area contributed by atoms with Crippen molar-refractivity contribution in [3.8, 4) is 0 Å². The largest absolute Gasteiger partial charge is 0.312 e. The van der Waals surface area contributed by atoms with Crippen molar-refractivity contribution in [3.05, 3.63) is 95.1 Å². The number of hydrogen-bond acceptors (Lipinski definition) is 3. The minimum atomic E-state index is -3.79. The summed E-state index contributed by atoms with van der Waals surface area (Å²) in [6, 6.07) is 22.0. The molecule has 1 atom stereocenters. The van der Waals surface area contributed by atoms with Gasteiger partial charge in [-0.2, -0.15) is 4.72 Å². The van der Waals surface area contributed by atoms with Gasteiger partial charge in [0.15, 0.2) is 0 Å². The number of fused-ring (bicyclic) bond motifs is 1. The maximum Gasteiger partial charge on any atom is 0.241 e. The standard InChI is InChI=1S/C26H26N2O3S/c1-18-7-5-6-10-23(18)25(19-8-3-2-4-9-19)27-32(30,31)22-13-14-24-21(17-22)15-16-28(24)26(29)20-11-12-20/h2-10,13-14,17,20,25,27H,11-12,15-16H2,1H3. The van der Waals surface area contributed by atoms with E-state index in [1.54, 1.807) is 18.2 Å². The molecule has 1 N–H and O–H groups in total. The normalized spacial score (nSPS) is 16.6. The van der Waals surface area contributed by atoms with Crippen molar-refractivity contribution in [3.63, 3.8) is 0 Å². The molecular weight excluding hydrogens is 420 g/mol. The Kier molecular flexibility index (Phi) is 5.35. The lowest BCUT2D eigenvalue weighted by atomic mass is 9.96. The lowest BCUT2D eigenvalue weighted by Crippen LogP contribution is -2.30. The number of hydrogen-bond donors (Lipinski definition) is 1. The van der Waals surface area contributed by atoms with Gasteiger partial charge < -0.3 is 4.90 Å². The Hall–Kier alpha value is -2.96. The van der Waals surface area contributed by atoms with E-state index in [1.807, 2.05) is 66.4 Å². The van der Waals surface area contributed by atoms with E-state index >= 15 is 0 Å². The predicted octanol–water partition coefficient (Wildman–Crippen LogP) is 4.36. The molecule has 0 bridgehead atoms. The molecule has 3 aromatic rings. The highest BCUT2D eigenvalue weighted by Crippen LogP contribution is 2.37. The third kappa shape index (κ3) is 3.96. The lowest BCUT2D eigenvalue weighted by molar-refractivity contribution is -0.119. The van der Waals surface area contributed by atoms with E-state index in [0.29, 0.717) is 13.0 Å². The molecule has 3 aromatic carbocycles. The van der Waals surface area contributed by atoms with Crippen molar-refractivity contribution in [2.24, 2.45) is 5.92 Å². The van der Waals surface area contributed by atoms with Gasteiger partial charge in [0.05, 0.1) is 10.9 Å². The molecule has 32 heavy (non-hydrogen) atoms. The highest BCUT2D eigenvalue weighted by molar-refractivity contribution is 7.89. The second-order valence-electron chi connectivity index (χ2n) is 8.63. The van der Waals surface area contributed by atoms with Gasteiger partial charge in [-0.05, 0) is 66.6 Å². The predicted molar refractivity (Wildman–Crippen MR) is 125 cm³/mol. The molecule has 1 aliphatic heterocycles. The van der Waals surface area contributed by atoms with Crippen molar-refractivity contribution >= 4 is 21.6 Å². The van der Waals surface area contributed by atoms with Crippen LogP contribution in [-0.2, 0) is 21.2 Å². The van der Waals surface area contributed by atoms with Crippen LogP contribution >= 0.6 is 0 Å². The van der Waals surface area contributed by atoms with Gasteiger partial charge in [-0.1, -0.05) is 54.6 Å². The Bertz CT molecular complexity index is 1270. The quantitative estimate of drug-likeness (QED) is 0.612. The van der Waals surface area contributed by atoms with Gasteiger partial charge in [-0.15, -0.1) is 0 Å². The topological polar surface area (TPSA) is 66.5 Å². The second-order valence-corrected chi connectivity index (χ2v) is 10.3. The number of carbonyl (C=O) groups is 1. The van der Waals surface area contributed by atoms with Gasteiger partial charge in [-0.25, -0.2) is 8.42 Å². The highest BCUT2D eigenvalue weighted by Gasteiger charge is 2.37. The summed E-state index contributed by atoms with van der Waals surface area (Å²) >= 11 is 0. The number of rotatable bonds is 6. The first-order valence-corrected chi connectivity index (χ1v) is 12.5. The minimum Gasteiger partial charge on any atom is -0.312 e. The molecule has 0 spiro atoms. The van der Waals surface area contributed by atoms with Crippen LogP contribution in [-0.4, -0.2) is 20.9 Å². The summed E-state index contributed by atoms with van der Waals surface area (Å²) in [6.45, 7) is 2.61. The molecule has 1 unspecified atom stereocenters. The maximum absolute atomic E-state index is 13.4. The molecule has 0 saturated heterocycles. The molecule has 1 heterocycles. The monoisotopic (exact) mass is 446 g/mol. The number of anilines is 1. The molecule has 164 valence electrons. The van der Waals surface area contributed by atoms with E-state index in [9.17, 15) is 13.2 Å². The summed E-state index contributed by atoms with van der Waals surface area (Å²) in [5.74, 6) is 0.313. The molecule has 1 fully saturated rings. The number of nitrogens with zero attached hydrogens (tertiary/aromatic N) is 1. The molecular formula is C26H26N2O3S. The molecule has 1 saturated carbocycles. The molecule has 5 nitrogen and oxygen atoms in total. The average Bonchev–Trinajstić information content (AvgIpc) is 3.57. The van der Waals surface area contributed by atoms with Crippen molar-refractivity contribution in [2.45, 2.75) is 37.1 Å². The number of amides is 1. The fourth-order valence-electron chi connectivity index (χ4n) is 4.42. The first-order valence-electron chi connectivity index (χ1n) is 11.0. The summed E-state index contributed by atoms with van der Waals surface area (Å²) in [5.41, 5.74) is 4.58. The van der Waals surface area contributed by atoms with E-state index in [-0.39, 0.29) is 16.7 Å². The van der Waals surface area contributed by atoms with Crippen molar-refractivity contribution < 1.29 is 13.2 Å². The minimum absolute atomic E-state index is 0.145. The van der Waals surface area contributed by atoms with Crippen molar-refractivity contribution in [2.75, 3.05) is 11.4 Å². The van der Waals surface area contributed by atoms with Gasteiger partial charge in [0.25, 0.3) is 0 Å². The third-order valence-electron chi connectivity index (χ3n) is 6.35. The van der Waals surface area contributed by atoms with Gasteiger partial charge in [-0.3, -0.25) is 4.79 Å². The first-order chi connectivity index (χ1) is 15.4. The van der Waals surface area contributed by atoms with Crippen molar-refractivity contribution in [1.29, 1.82) is 0 Å². The molecule has 5 rings (SSSR count). The fourth-order valence-corrected chi connectivity index (χ4v) is 5.67. The van der Waals surface area contributed by atoms with Crippen LogP contribution < -0.4 is 9.62 Å². The smallest absolute Gasteiger partial charge is 0.241 e. The van der Waals surface area contributed by atoms with Crippen LogP contribution in [0.2, 0.25) is 0 Å². The molecule has 0 radical (unpaired) electrons. The van der Waals surface area contributed by atoms with E-state index < -0.39 is 16.1 Å². The highest BCUT2D eigenvalue weighted by atomic mass is 32.2. The summed E-state index contributed by atoms with van der Waals surface area (Å²) in [5, 5.41) is 0. The molecule has 2 aliphatic rings. The van der Waals surface area contributed by atoms with E-state index in [1.165, 1.54) is 0 Å². The van der Waals surface area contributed by atoms with Gasteiger partial charge in [0, 0.05) is 18.2 Å². The molecule has 0 aromatic heterocycles. The molecule has 1 amide bonds. The SMILES string of the molecule is Cc1ccccc1C(NS(=O)(=O)c1ccc2c(c1)CCN2C(=O)C1CC1)c1ccccc1. The summed E-state index contributed by atoms with van der Waals surface area (Å²) in [7, 11) is -3.79. The lowest BCUT2D eigenvalue weighted by Gasteiger charge is -2.22. The summed E-state index contributed by atoms with van der Waals surface area (Å²) in [4.78, 5) is 14.6. The number of sulfonamides is 1. The van der Waals surface area contributed by atoms with Crippen LogP contribution in [0.3, 0.4) is 0 Å². The van der Waals surface area contributed by atoms with Crippen LogP contribution in [0, 0.1) is 12.8 Å². The number of carbonyl (C=O) groups excluding carboxylic acids is 1. The molecule has 1 aliphatic carbocycles. The Balaban J connectivity index is 1.47. The van der Waals surface area contributed by atoms with Crippen LogP contribution in [0.25, 0.3) is 0 Å². The zero-order valence-corrected chi connectivity index (χ0v) is 18.8. The summed E-state index contributed by atoms with van der Waals surface area (Å²) in [6.07, 6.45) is 2.60. The maximum atomic E-state index is 13.4. The van der Waals surface area contributed by atoms with E-state index in [2.05, 4.69) is 4.72 Å². The van der Waals surface area contributed by atoms with E-state index in [4.69, 9.17) is 0 Å². The molecule has 6 heteroatoms. The second kappa shape index (κ2) is 8.19. The zero-order valence-electron chi connectivity index (χ0n) is 18.0. The zero-order chi connectivity index (χ0) is 22.3. The Morgan fingerprint density at radius 2 is 1.72 bits per heavy atom. The Morgan fingerprint density at radius 3 is 2.44 bits per heavy atom. The summed E-state index contributed by atoms with van der Waals surface area (Å²) < 4.78 is 29.8. The van der Waals surface area contributed by atoms with Crippen molar-refractivity contribution in [1.82, 2.24) is 4.72 Å². The number of aryl methyl sites for hydroxylation is 1. The Labute approximate surface area is 189 Å². The van der Waals surface area contributed by atoms with Crippen LogP contribution in [0.4, 0.5) is 5.69 Å². The van der Waals surface area contributed by atoms with Crippen LogP contribution in [0.5, 0.6) is 0 Å². The average molecular weight is 447 g/mol. The van der Waals surface area contributed by atoms with Crippen LogP contribution in [0.1, 0.15) is 41.1 Å². The van der Waals surface area contributed by atoms with Gasteiger partial charge in [0.1, 0.15) is 0 Å². The number of benzene rings is 3. The first kappa shape index (κ1) is 20.9. The number of nitrogens with one attached hydrogen (secondary N) is 1. The van der Waals surface area contributed by atoms with Gasteiger partial charge >= 0.3 is 0 Å². The fraction of sp³-hybridized carbons (Fsp3) is 0.269. The third-order valence-corrected chi connectivity index (χ3v) is 7.78. The van der Waals surface area contributed by atoms with Crippen LogP contribution in [0.15, 0.2) is 77.7 Å². The van der Waals surface area contributed by atoms with E-state index in [0.717, 1.165) is 40.8 Å². The Morgan fingerprint density at radius 1 is 1.00 bits per heavy atom.